The maximum absolute atomic E-state index is 9.12. The Hall–Kier alpha value is -2.30. The van der Waals surface area contributed by atoms with Crippen LogP contribution in [0.15, 0.2) is 41.6 Å². The lowest BCUT2D eigenvalue weighted by atomic mass is 10.0. The third kappa shape index (κ3) is 3.34. The summed E-state index contributed by atoms with van der Waals surface area (Å²) in [5.74, 6) is 0. The molecule has 1 aliphatic rings. The van der Waals surface area contributed by atoms with Gasteiger partial charge in [-0.3, -0.25) is 0 Å². The zero-order valence-corrected chi connectivity index (χ0v) is 10.7. The molecule has 0 amide bonds. The fourth-order valence-corrected chi connectivity index (χ4v) is 2.13. The van der Waals surface area contributed by atoms with Crippen LogP contribution in [0.2, 0.25) is 0 Å². The minimum atomic E-state index is 0.200. The monoisotopic (exact) mass is 253 g/mol. The summed E-state index contributed by atoms with van der Waals surface area (Å²) in [6, 6.07) is 13.9. The van der Waals surface area contributed by atoms with E-state index in [2.05, 4.69) is 4.90 Å². The fraction of sp³-hybridized carbons (Fsp3) is 0.333. The van der Waals surface area contributed by atoms with Crippen LogP contribution in [0.1, 0.15) is 5.56 Å². The van der Waals surface area contributed by atoms with Crippen molar-refractivity contribution in [1.82, 2.24) is 4.90 Å². The number of allylic oxidation sites excluding steroid dienone is 2. The van der Waals surface area contributed by atoms with Gasteiger partial charge in [0.05, 0.1) is 13.2 Å². The van der Waals surface area contributed by atoms with Crippen molar-refractivity contribution >= 4 is 0 Å². The predicted molar refractivity (Wildman–Crippen MR) is 70.8 cm³/mol. The molecular weight excluding hydrogens is 238 g/mol. The third-order valence-corrected chi connectivity index (χ3v) is 3.12. The van der Waals surface area contributed by atoms with Crippen molar-refractivity contribution in [2.45, 2.75) is 6.42 Å². The Morgan fingerprint density at radius 2 is 1.74 bits per heavy atom. The highest BCUT2D eigenvalue weighted by Gasteiger charge is 2.18. The molecule has 1 aromatic rings. The lowest BCUT2D eigenvalue weighted by Crippen LogP contribution is -2.36. The number of hydrogen-bond donors (Lipinski definition) is 0. The first-order chi connectivity index (χ1) is 9.35. The smallest absolute Gasteiger partial charge is 0.149 e. The molecule has 4 nitrogen and oxygen atoms in total. The highest BCUT2D eigenvalue weighted by molar-refractivity contribution is 5.41. The molecule has 0 unspecified atom stereocenters. The van der Waals surface area contributed by atoms with Crippen molar-refractivity contribution in [2.24, 2.45) is 0 Å². The SMILES string of the molecule is N#CC(C#N)=C(Cc1ccccc1)N1CCOCC1. The molecule has 1 aliphatic heterocycles. The lowest BCUT2D eigenvalue weighted by molar-refractivity contribution is 0.0524. The Morgan fingerprint density at radius 3 is 2.32 bits per heavy atom. The van der Waals surface area contributed by atoms with Gasteiger partial charge in [0.15, 0.2) is 0 Å². The predicted octanol–water partition coefficient (Wildman–Crippen LogP) is 1.86. The third-order valence-electron chi connectivity index (χ3n) is 3.12. The van der Waals surface area contributed by atoms with Crippen molar-refractivity contribution in [1.29, 1.82) is 10.5 Å². The van der Waals surface area contributed by atoms with Crippen LogP contribution in [0.3, 0.4) is 0 Å². The van der Waals surface area contributed by atoms with Crippen molar-refractivity contribution in [3.8, 4) is 12.1 Å². The van der Waals surface area contributed by atoms with E-state index in [1.165, 1.54) is 0 Å². The normalized spacial score (nSPS) is 14.3. The zero-order chi connectivity index (χ0) is 13.5. The number of nitrogens with zero attached hydrogens (tertiary/aromatic N) is 3. The van der Waals surface area contributed by atoms with Gasteiger partial charge in [0, 0.05) is 25.2 Å². The second-order valence-electron chi connectivity index (χ2n) is 4.31. The summed E-state index contributed by atoms with van der Waals surface area (Å²) >= 11 is 0. The van der Waals surface area contributed by atoms with E-state index in [9.17, 15) is 0 Å². The van der Waals surface area contributed by atoms with Crippen molar-refractivity contribution in [3.63, 3.8) is 0 Å². The molecule has 0 bridgehead atoms. The summed E-state index contributed by atoms with van der Waals surface area (Å²) in [6.45, 7) is 2.74. The molecule has 19 heavy (non-hydrogen) atoms. The minimum Gasteiger partial charge on any atom is -0.378 e. The van der Waals surface area contributed by atoms with E-state index in [1.54, 1.807) is 0 Å². The van der Waals surface area contributed by atoms with Crippen LogP contribution in [0, 0.1) is 22.7 Å². The molecule has 0 radical (unpaired) electrons. The van der Waals surface area contributed by atoms with E-state index in [0.717, 1.165) is 24.4 Å². The number of benzene rings is 1. The highest BCUT2D eigenvalue weighted by atomic mass is 16.5. The summed E-state index contributed by atoms with van der Waals surface area (Å²) in [5, 5.41) is 18.2. The summed E-state index contributed by atoms with van der Waals surface area (Å²) in [4.78, 5) is 2.08. The standard InChI is InChI=1S/C15H15N3O/c16-11-14(12-17)15(18-6-8-19-9-7-18)10-13-4-2-1-3-5-13/h1-5H,6-10H2. The molecule has 1 aromatic carbocycles. The molecule has 0 atom stereocenters. The first kappa shape index (κ1) is 13.1. The molecule has 96 valence electrons. The minimum absolute atomic E-state index is 0.200. The summed E-state index contributed by atoms with van der Waals surface area (Å²) < 4.78 is 5.32. The Morgan fingerprint density at radius 1 is 1.11 bits per heavy atom. The van der Waals surface area contributed by atoms with E-state index < -0.39 is 0 Å². The maximum atomic E-state index is 9.12. The molecule has 0 spiro atoms. The van der Waals surface area contributed by atoms with Crippen LogP contribution in [-0.4, -0.2) is 31.2 Å². The molecule has 0 saturated carbocycles. The van der Waals surface area contributed by atoms with Crippen LogP contribution >= 0.6 is 0 Å². The van der Waals surface area contributed by atoms with Crippen molar-refractivity contribution in [2.75, 3.05) is 26.3 Å². The van der Waals surface area contributed by atoms with Gasteiger partial charge in [0.25, 0.3) is 0 Å². The van der Waals surface area contributed by atoms with Crippen LogP contribution in [0.5, 0.6) is 0 Å². The quantitative estimate of drug-likeness (QED) is 0.771. The van der Waals surface area contributed by atoms with E-state index in [1.807, 2.05) is 42.5 Å². The van der Waals surface area contributed by atoms with Gasteiger partial charge in [0.1, 0.15) is 17.7 Å². The van der Waals surface area contributed by atoms with E-state index >= 15 is 0 Å². The Labute approximate surface area is 113 Å². The van der Waals surface area contributed by atoms with E-state index in [4.69, 9.17) is 15.3 Å². The van der Waals surface area contributed by atoms with E-state index in [-0.39, 0.29) is 5.57 Å². The Bertz CT molecular complexity index is 515. The fourth-order valence-electron chi connectivity index (χ4n) is 2.13. The lowest BCUT2D eigenvalue weighted by Gasteiger charge is -2.31. The molecule has 1 saturated heterocycles. The highest BCUT2D eigenvalue weighted by Crippen LogP contribution is 2.18. The van der Waals surface area contributed by atoms with Gasteiger partial charge < -0.3 is 9.64 Å². The van der Waals surface area contributed by atoms with Crippen molar-refractivity contribution < 1.29 is 4.74 Å². The number of hydrogen-bond acceptors (Lipinski definition) is 4. The number of nitriles is 2. The van der Waals surface area contributed by atoms with Gasteiger partial charge >= 0.3 is 0 Å². The second-order valence-corrected chi connectivity index (χ2v) is 4.31. The van der Waals surface area contributed by atoms with E-state index in [0.29, 0.717) is 19.6 Å². The molecule has 0 N–H and O–H groups in total. The van der Waals surface area contributed by atoms with Gasteiger partial charge in [-0.25, -0.2) is 0 Å². The summed E-state index contributed by atoms with van der Waals surface area (Å²) in [5.41, 5.74) is 2.11. The summed E-state index contributed by atoms with van der Waals surface area (Å²) in [6.07, 6.45) is 0.608. The second kappa shape index (κ2) is 6.58. The van der Waals surface area contributed by atoms with Crippen LogP contribution in [-0.2, 0) is 11.2 Å². The van der Waals surface area contributed by atoms with Crippen LogP contribution < -0.4 is 0 Å². The molecule has 4 heteroatoms. The first-order valence-electron chi connectivity index (χ1n) is 6.25. The molecule has 0 aliphatic carbocycles. The molecular formula is C15H15N3O. The molecule has 2 rings (SSSR count). The van der Waals surface area contributed by atoms with Gasteiger partial charge in [-0.1, -0.05) is 30.3 Å². The number of morpholine rings is 1. The molecule has 1 fully saturated rings. The van der Waals surface area contributed by atoms with Gasteiger partial charge in [0.2, 0.25) is 0 Å². The largest absolute Gasteiger partial charge is 0.378 e. The van der Waals surface area contributed by atoms with Crippen LogP contribution in [0.4, 0.5) is 0 Å². The van der Waals surface area contributed by atoms with Gasteiger partial charge in [-0.2, -0.15) is 10.5 Å². The number of ether oxygens (including phenoxy) is 1. The summed E-state index contributed by atoms with van der Waals surface area (Å²) in [7, 11) is 0. The zero-order valence-electron chi connectivity index (χ0n) is 10.7. The van der Waals surface area contributed by atoms with Gasteiger partial charge in [-0.15, -0.1) is 0 Å². The van der Waals surface area contributed by atoms with Crippen LogP contribution in [0.25, 0.3) is 0 Å². The maximum Gasteiger partial charge on any atom is 0.149 e. The van der Waals surface area contributed by atoms with Crippen molar-refractivity contribution in [3.05, 3.63) is 47.2 Å². The topological polar surface area (TPSA) is 60.0 Å². The Kier molecular flexibility index (Phi) is 4.55. The first-order valence-corrected chi connectivity index (χ1v) is 6.25. The average molecular weight is 253 g/mol. The molecule has 0 aromatic heterocycles. The Balaban J connectivity index is 2.28. The van der Waals surface area contributed by atoms with Gasteiger partial charge in [-0.05, 0) is 5.56 Å². The number of rotatable bonds is 3. The average Bonchev–Trinajstić information content (AvgIpc) is 2.49. The molecule has 1 heterocycles.